The topological polar surface area (TPSA) is 0 Å². The summed E-state index contributed by atoms with van der Waals surface area (Å²) in [5, 5.41) is 3.14. The number of hydrogen-bond acceptors (Lipinski definition) is 0. The summed E-state index contributed by atoms with van der Waals surface area (Å²) < 4.78 is 0.284. The molecule has 6 rings (SSSR count). The summed E-state index contributed by atoms with van der Waals surface area (Å²) in [7, 11) is 14.0. The van der Waals surface area contributed by atoms with Crippen LogP contribution in [-0.4, -0.2) is 22.1 Å². The van der Waals surface area contributed by atoms with E-state index in [1.54, 1.807) is 10.4 Å². The van der Waals surface area contributed by atoms with E-state index in [9.17, 15) is 0 Å². The van der Waals surface area contributed by atoms with Crippen molar-refractivity contribution in [2.24, 2.45) is 0 Å². The third kappa shape index (κ3) is 5.16. The van der Waals surface area contributed by atoms with Gasteiger partial charge in [-0.2, -0.15) is 0 Å². The van der Waals surface area contributed by atoms with Crippen LogP contribution >= 0.6 is 17.2 Å². The standard InChI is InChI=1S/2C18H19Si.C2H7Si.2ClH.Hf/c2*1-19(2,3)16-12-15-10-7-11-17(18(15)13-16)14-8-5-4-6-9-14;1-3-2;;;/h2*4-13H,1-3H3;3H,1-2H3;2*1H;/q;;;;;+2/p-2. The van der Waals surface area contributed by atoms with Gasteiger partial charge in [0.15, 0.2) is 0 Å². The molecule has 4 aromatic rings. The molecular weight excluding hydrogens is 790 g/mol. The maximum atomic E-state index is 8.81. The van der Waals surface area contributed by atoms with Gasteiger partial charge in [0.2, 0.25) is 0 Å². The van der Waals surface area contributed by atoms with Gasteiger partial charge in [-0.1, -0.05) is 0 Å². The third-order valence-corrected chi connectivity index (χ3v) is 89.1. The average molecular weight is 835 g/mol. The van der Waals surface area contributed by atoms with Crippen molar-refractivity contribution < 1.29 is 15.3 Å². The summed E-state index contributed by atoms with van der Waals surface area (Å²) in [5.41, 5.74) is 10.6. The molecule has 0 aromatic heterocycles. The Balaban J connectivity index is 1.67. The Morgan fingerprint density at radius 1 is 0.523 bits per heavy atom. The van der Waals surface area contributed by atoms with Crippen molar-refractivity contribution in [3.05, 3.63) is 130 Å². The summed E-state index contributed by atoms with van der Waals surface area (Å²) in [5.74, 6) is -1.63. The molecule has 0 nitrogen and oxygen atoms in total. The van der Waals surface area contributed by atoms with Crippen LogP contribution < -0.4 is 0 Å². The van der Waals surface area contributed by atoms with E-state index in [-0.39, 0.29) is 7.35 Å². The van der Waals surface area contributed by atoms with Crippen molar-refractivity contribution in [1.82, 2.24) is 0 Å². The molecular formula is C38H45Cl2HfSi3. The normalized spacial score (nSPS) is 19.2. The van der Waals surface area contributed by atoms with E-state index in [0.29, 0.717) is 0 Å². The first-order valence-corrected chi connectivity index (χ1v) is 45.2. The molecule has 227 valence electrons. The number of allylic oxidation sites excluding steroid dienone is 2. The van der Waals surface area contributed by atoms with Gasteiger partial charge in [0.05, 0.1) is 0 Å². The van der Waals surface area contributed by atoms with E-state index in [1.165, 1.54) is 44.5 Å². The van der Waals surface area contributed by atoms with E-state index >= 15 is 0 Å². The summed E-state index contributed by atoms with van der Waals surface area (Å²) in [6.45, 7) is 20.0. The predicted octanol–water partition coefficient (Wildman–Crippen LogP) is 12.3. The van der Waals surface area contributed by atoms with Crippen molar-refractivity contribution in [3.63, 3.8) is 0 Å². The Morgan fingerprint density at radius 3 is 1.20 bits per heavy atom. The molecule has 2 aliphatic rings. The quantitative estimate of drug-likeness (QED) is 0.163. The van der Waals surface area contributed by atoms with Gasteiger partial charge in [-0.25, -0.2) is 0 Å². The van der Waals surface area contributed by atoms with Crippen LogP contribution in [0.15, 0.2) is 107 Å². The number of benzene rings is 4. The summed E-state index contributed by atoms with van der Waals surface area (Å²) >= 11 is -5.03. The fraction of sp³-hybridized carbons (Fsp3) is 0.263. The Hall–Kier alpha value is -1.54. The van der Waals surface area contributed by atoms with E-state index in [0.717, 1.165) is 0 Å². The molecule has 0 spiro atoms. The molecule has 44 heavy (non-hydrogen) atoms. The predicted molar refractivity (Wildman–Crippen MR) is 202 cm³/mol. The van der Waals surface area contributed by atoms with E-state index in [2.05, 4.69) is 162 Å². The van der Waals surface area contributed by atoms with Crippen molar-refractivity contribution in [2.45, 2.75) is 59.7 Å². The fourth-order valence-corrected chi connectivity index (χ4v) is 72.6. The number of halogens is 2. The monoisotopic (exact) mass is 835 g/mol. The van der Waals surface area contributed by atoms with Crippen LogP contribution in [0.5, 0.6) is 0 Å². The van der Waals surface area contributed by atoms with Crippen molar-refractivity contribution in [1.29, 1.82) is 0 Å². The van der Waals surface area contributed by atoms with Crippen LogP contribution in [0.2, 0.25) is 52.4 Å². The molecule has 0 fully saturated rings. The maximum absolute atomic E-state index is 8.81. The zero-order valence-electron chi connectivity index (χ0n) is 27.4. The molecule has 0 aliphatic heterocycles. The minimum absolute atomic E-state index is 0.142. The van der Waals surface area contributed by atoms with Gasteiger partial charge in [-0.15, -0.1) is 0 Å². The molecule has 0 saturated heterocycles. The number of fused-ring (bicyclic) bond motifs is 2. The second kappa shape index (κ2) is 11.3. The van der Waals surface area contributed by atoms with Crippen molar-refractivity contribution in [3.8, 4) is 22.3 Å². The molecule has 0 bridgehead atoms. The molecule has 0 saturated carbocycles. The zero-order chi connectivity index (χ0) is 31.7. The Labute approximate surface area is 276 Å². The van der Waals surface area contributed by atoms with Crippen molar-refractivity contribution >= 4 is 51.4 Å². The molecule has 0 radical (unpaired) electrons. The van der Waals surface area contributed by atoms with Crippen molar-refractivity contribution in [2.75, 3.05) is 0 Å². The van der Waals surface area contributed by atoms with E-state index < -0.39 is 37.4 Å². The SMILES string of the molecule is C[SiH](C)[Hf]([Cl])([Cl])([CH]1C([Si](C)(C)C)=Cc2c(-c3ccccc3)cccc21)[CH]1C([Si](C)(C)C)=Cc2c(-c3ccccc3)cccc21. The molecule has 2 aliphatic carbocycles. The third-order valence-electron chi connectivity index (χ3n) is 10.2. The first-order chi connectivity index (χ1) is 20.6. The van der Waals surface area contributed by atoms with Gasteiger partial charge in [-0.3, -0.25) is 0 Å². The van der Waals surface area contributed by atoms with Crippen LogP contribution in [0.3, 0.4) is 0 Å². The molecule has 2 atom stereocenters. The fourth-order valence-electron chi connectivity index (χ4n) is 7.86. The summed E-state index contributed by atoms with van der Waals surface area (Å²) in [4.78, 5) is 0. The van der Waals surface area contributed by atoms with Crippen LogP contribution in [0.25, 0.3) is 34.4 Å². The van der Waals surface area contributed by atoms with Gasteiger partial charge in [0, 0.05) is 0 Å². The summed E-state index contributed by atoms with van der Waals surface area (Å²) in [6, 6.07) is 35.6. The van der Waals surface area contributed by atoms with Crippen LogP contribution in [0.4, 0.5) is 0 Å². The number of rotatable bonds is 7. The second-order valence-electron chi connectivity index (χ2n) is 15.3. The van der Waals surface area contributed by atoms with Gasteiger partial charge in [0.1, 0.15) is 0 Å². The molecule has 6 heteroatoms. The number of hydrogen-bond donors (Lipinski definition) is 0. The van der Waals surface area contributed by atoms with Crippen LogP contribution in [-0.2, 0) is 15.3 Å². The Morgan fingerprint density at radius 2 is 0.886 bits per heavy atom. The van der Waals surface area contributed by atoms with E-state index in [1.807, 2.05) is 0 Å². The molecule has 4 aromatic carbocycles. The minimum atomic E-state index is -5.03. The van der Waals surface area contributed by atoms with Gasteiger partial charge in [0.25, 0.3) is 0 Å². The Bertz CT molecular complexity index is 1670. The molecule has 0 heterocycles. The molecule has 0 N–H and O–H groups in total. The first-order valence-electron chi connectivity index (χ1n) is 16.0. The van der Waals surface area contributed by atoms with Gasteiger partial charge >= 0.3 is 278 Å². The first kappa shape index (κ1) is 32.4. The average Bonchev–Trinajstić information content (AvgIpc) is 3.59. The van der Waals surface area contributed by atoms with Crippen LogP contribution in [0.1, 0.15) is 29.6 Å². The zero-order valence-corrected chi connectivity index (χ0v) is 35.6. The Kier molecular flexibility index (Phi) is 8.33. The second-order valence-corrected chi connectivity index (χ2v) is 84.7. The summed E-state index contributed by atoms with van der Waals surface area (Å²) in [6.07, 6.45) is 5.11. The van der Waals surface area contributed by atoms with E-state index in [4.69, 9.17) is 17.2 Å². The van der Waals surface area contributed by atoms with Crippen LogP contribution in [0, 0.1) is 0 Å². The molecule has 2 unspecified atom stereocenters. The molecule has 0 amide bonds. The van der Waals surface area contributed by atoms with Gasteiger partial charge < -0.3 is 0 Å². The van der Waals surface area contributed by atoms with Gasteiger partial charge in [-0.05, 0) is 0 Å².